The third kappa shape index (κ3) is 4.37. The van der Waals surface area contributed by atoms with Crippen molar-refractivity contribution in [2.75, 3.05) is 10.5 Å². The number of hydrogen-bond donors (Lipinski definition) is 1. The molecule has 0 unspecified atom stereocenters. The second-order valence-corrected chi connectivity index (χ2v) is 8.53. The van der Waals surface area contributed by atoms with Crippen LogP contribution in [0.4, 0.5) is 10.5 Å². The molecule has 2 amide bonds. The minimum atomic E-state index is -3.79. The van der Waals surface area contributed by atoms with Crippen LogP contribution >= 0.6 is 11.8 Å². The number of thioether (sulfide) groups is 1. The van der Waals surface area contributed by atoms with Crippen molar-refractivity contribution in [2.24, 2.45) is 0 Å². The topological polar surface area (TPSA) is 101 Å². The molecule has 7 nitrogen and oxygen atoms in total. The maximum absolute atomic E-state index is 12.4. The maximum Gasteiger partial charge on any atom is 0.289 e. The number of benzene rings is 2. The smallest absolute Gasteiger partial charge is 0.289 e. The van der Waals surface area contributed by atoms with Gasteiger partial charge in [0.2, 0.25) is 5.91 Å². The van der Waals surface area contributed by atoms with Gasteiger partial charge in [0.25, 0.3) is 15.3 Å². The normalized spacial score (nSPS) is 14.5. The first-order chi connectivity index (χ1) is 12.8. The first-order valence-corrected chi connectivity index (χ1v) is 10.4. The van der Waals surface area contributed by atoms with Crippen molar-refractivity contribution in [1.82, 2.24) is 4.90 Å². The molecule has 1 N–H and O–H groups in total. The van der Waals surface area contributed by atoms with Crippen LogP contribution in [0.25, 0.3) is 0 Å². The first kappa shape index (κ1) is 19.1. The molecule has 0 saturated carbocycles. The van der Waals surface area contributed by atoms with Crippen LogP contribution in [0.5, 0.6) is 0 Å². The number of carbonyl (C=O) groups is 3. The molecule has 140 valence electrons. The summed E-state index contributed by atoms with van der Waals surface area (Å²) in [5.74, 6) is -0.223. The molecule has 0 aromatic heterocycles. The Labute approximate surface area is 160 Å². The van der Waals surface area contributed by atoms with Gasteiger partial charge in [-0.2, -0.15) is 0 Å². The van der Waals surface area contributed by atoms with Gasteiger partial charge in [0.15, 0.2) is 5.78 Å². The number of imide groups is 1. The Kier molecular flexibility index (Phi) is 5.33. The van der Waals surface area contributed by atoms with Crippen molar-refractivity contribution in [3.05, 3.63) is 59.7 Å². The molecule has 9 heteroatoms. The van der Waals surface area contributed by atoms with Gasteiger partial charge in [0.1, 0.15) is 0 Å². The van der Waals surface area contributed by atoms with Crippen LogP contribution in [0.3, 0.4) is 0 Å². The van der Waals surface area contributed by atoms with Crippen molar-refractivity contribution < 1.29 is 22.8 Å². The molecule has 3 rings (SSSR count). The van der Waals surface area contributed by atoms with Crippen LogP contribution < -0.4 is 4.72 Å². The standard InChI is InChI=1S/C18H16N2O5S2/c1-12(21)14-4-8-16(9-5-14)27(24,25)19-15-6-2-13(3-7-15)10-20-17(22)11-26-18(20)23/h2-9,19H,10-11H2,1H3. The Morgan fingerprint density at radius 1 is 1.07 bits per heavy atom. The molecule has 1 fully saturated rings. The molecule has 0 spiro atoms. The number of ketones is 1. The summed E-state index contributed by atoms with van der Waals surface area (Å²) >= 11 is 0.969. The fourth-order valence-electron chi connectivity index (χ4n) is 2.48. The summed E-state index contributed by atoms with van der Waals surface area (Å²) in [7, 11) is -3.79. The molecular formula is C18H16N2O5S2. The van der Waals surface area contributed by atoms with Crippen LogP contribution in [-0.2, 0) is 21.4 Å². The molecule has 0 atom stereocenters. The van der Waals surface area contributed by atoms with Crippen LogP contribution in [0.1, 0.15) is 22.8 Å². The Morgan fingerprint density at radius 2 is 1.70 bits per heavy atom. The van der Waals surface area contributed by atoms with Crippen molar-refractivity contribution >= 4 is 44.4 Å². The van der Waals surface area contributed by atoms with Gasteiger partial charge in [-0.3, -0.25) is 24.0 Å². The second-order valence-electron chi connectivity index (χ2n) is 5.92. The lowest BCUT2D eigenvalue weighted by Crippen LogP contribution is -2.27. The number of rotatable bonds is 6. The molecular weight excluding hydrogens is 388 g/mol. The summed E-state index contributed by atoms with van der Waals surface area (Å²) in [6.07, 6.45) is 0. The summed E-state index contributed by atoms with van der Waals surface area (Å²) in [6.45, 7) is 1.56. The first-order valence-electron chi connectivity index (χ1n) is 7.96. The molecule has 1 aliphatic rings. The molecule has 1 saturated heterocycles. The van der Waals surface area contributed by atoms with Crippen molar-refractivity contribution in [3.8, 4) is 0 Å². The van der Waals surface area contributed by atoms with Crippen LogP contribution in [0.2, 0.25) is 0 Å². The summed E-state index contributed by atoms with van der Waals surface area (Å²) < 4.78 is 27.3. The van der Waals surface area contributed by atoms with Crippen molar-refractivity contribution in [3.63, 3.8) is 0 Å². The lowest BCUT2D eigenvalue weighted by Gasteiger charge is -2.13. The van der Waals surface area contributed by atoms with E-state index in [2.05, 4.69) is 4.72 Å². The van der Waals surface area contributed by atoms with Crippen molar-refractivity contribution in [2.45, 2.75) is 18.4 Å². The Balaban J connectivity index is 1.70. The number of Topliss-reactive ketones (excluding diaryl/α,β-unsaturated/α-hetero) is 1. The second kappa shape index (κ2) is 7.53. The molecule has 27 heavy (non-hydrogen) atoms. The van der Waals surface area contributed by atoms with Crippen LogP contribution in [-0.4, -0.2) is 36.0 Å². The Hall–Kier alpha value is -2.65. The van der Waals surface area contributed by atoms with Gasteiger partial charge < -0.3 is 0 Å². The van der Waals surface area contributed by atoms with Gasteiger partial charge in [-0.25, -0.2) is 8.42 Å². The summed E-state index contributed by atoms with van der Waals surface area (Å²) in [6, 6.07) is 12.1. The van der Waals surface area contributed by atoms with E-state index in [1.165, 1.54) is 36.1 Å². The van der Waals surface area contributed by atoms with Gasteiger partial charge in [-0.15, -0.1) is 0 Å². The highest BCUT2D eigenvalue weighted by Crippen LogP contribution is 2.22. The Morgan fingerprint density at radius 3 is 2.22 bits per heavy atom. The fourth-order valence-corrected chi connectivity index (χ4v) is 4.26. The van der Waals surface area contributed by atoms with Gasteiger partial charge in [0, 0.05) is 11.3 Å². The van der Waals surface area contributed by atoms with E-state index in [9.17, 15) is 22.8 Å². The molecule has 1 aliphatic heterocycles. The number of hydrogen-bond acceptors (Lipinski definition) is 6. The largest absolute Gasteiger partial charge is 0.295 e. The predicted octanol–water partition coefficient (Wildman–Crippen LogP) is 2.89. The third-order valence-electron chi connectivity index (χ3n) is 3.96. The monoisotopic (exact) mass is 404 g/mol. The molecule has 2 aromatic rings. The zero-order chi connectivity index (χ0) is 19.6. The number of nitrogens with one attached hydrogen (secondary N) is 1. The molecule has 1 heterocycles. The third-order valence-corrected chi connectivity index (χ3v) is 6.21. The quantitative estimate of drug-likeness (QED) is 0.743. The average Bonchev–Trinajstić information content (AvgIpc) is 2.95. The van der Waals surface area contributed by atoms with E-state index in [1.807, 2.05) is 0 Å². The van der Waals surface area contributed by atoms with Crippen molar-refractivity contribution in [1.29, 1.82) is 0 Å². The average molecular weight is 404 g/mol. The number of amides is 2. The van der Waals surface area contributed by atoms with Gasteiger partial charge in [-0.1, -0.05) is 36.0 Å². The SMILES string of the molecule is CC(=O)c1ccc(S(=O)(=O)Nc2ccc(CN3C(=O)CSC3=O)cc2)cc1. The van der Waals surface area contributed by atoms with E-state index in [1.54, 1.807) is 24.3 Å². The maximum atomic E-state index is 12.4. The van der Waals surface area contributed by atoms with Gasteiger partial charge >= 0.3 is 0 Å². The molecule has 0 radical (unpaired) electrons. The number of nitrogens with zero attached hydrogens (tertiary/aromatic N) is 1. The fraction of sp³-hybridized carbons (Fsp3) is 0.167. The van der Waals surface area contributed by atoms with Crippen LogP contribution in [0.15, 0.2) is 53.4 Å². The highest BCUT2D eigenvalue weighted by atomic mass is 32.2. The summed E-state index contributed by atoms with van der Waals surface area (Å²) in [4.78, 5) is 35.8. The van der Waals surface area contributed by atoms with E-state index < -0.39 is 10.0 Å². The Bertz CT molecular complexity index is 983. The lowest BCUT2D eigenvalue weighted by atomic mass is 10.2. The number of sulfonamides is 1. The van der Waals surface area contributed by atoms with E-state index in [0.717, 1.165) is 11.8 Å². The minimum absolute atomic E-state index is 0.0434. The predicted molar refractivity (Wildman–Crippen MR) is 102 cm³/mol. The molecule has 2 aromatic carbocycles. The van der Waals surface area contributed by atoms with E-state index >= 15 is 0 Å². The molecule has 0 bridgehead atoms. The highest BCUT2D eigenvalue weighted by Gasteiger charge is 2.29. The summed E-state index contributed by atoms with van der Waals surface area (Å²) in [5, 5.41) is -0.279. The molecule has 0 aliphatic carbocycles. The zero-order valence-corrected chi connectivity index (χ0v) is 16.0. The number of anilines is 1. The minimum Gasteiger partial charge on any atom is -0.295 e. The van der Waals surface area contributed by atoms with E-state index in [0.29, 0.717) is 16.8 Å². The summed E-state index contributed by atoms with van der Waals surface area (Å²) in [5.41, 5.74) is 1.50. The van der Waals surface area contributed by atoms with Gasteiger partial charge in [-0.05, 0) is 36.8 Å². The van der Waals surface area contributed by atoms with Crippen LogP contribution in [0, 0.1) is 0 Å². The zero-order valence-electron chi connectivity index (χ0n) is 14.3. The van der Waals surface area contributed by atoms with E-state index in [4.69, 9.17) is 0 Å². The lowest BCUT2D eigenvalue weighted by molar-refractivity contribution is -0.125. The van der Waals surface area contributed by atoms with E-state index in [-0.39, 0.29) is 34.1 Å². The van der Waals surface area contributed by atoms with Gasteiger partial charge in [0.05, 0.1) is 17.2 Å². The highest BCUT2D eigenvalue weighted by molar-refractivity contribution is 8.14. The number of carbonyl (C=O) groups excluding carboxylic acids is 3.